The van der Waals surface area contributed by atoms with Crippen molar-refractivity contribution in [1.29, 1.82) is 0 Å². The van der Waals surface area contributed by atoms with Crippen LogP contribution in [0.5, 0.6) is 0 Å². The molecular weight excluding hydrogens is 286 g/mol. The van der Waals surface area contributed by atoms with Gasteiger partial charge in [-0.1, -0.05) is 17.7 Å². The highest BCUT2D eigenvalue weighted by atomic mass is 16.1. The van der Waals surface area contributed by atoms with Crippen molar-refractivity contribution in [3.05, 3.63) is 68.8 Å². The van der Waals surface area contributed by atoms with Gasteiger partial charge >= 0.3 is 0 Å². The molecule has 120 valence electrons. The van der Waals surface area contributed by atoms with Crippen molar-refractivity contribution < 1.29 is 0 Å². The van der Waals surface area contributed by atoms with Gasteiger partial charge in [-0.2, -0.15) is 0 Å². The van der Waals surface area contributed by atoms with Crippen LogP contribution in [0.25, 0.3) is 10.9 Å². The molecule has 0 fully saturated rings. The highest BCUT2D eigenvalue weighted by Gasteiger charge is 2.09. The van der Waals surface area contributed by atoms with Gasteiger partial charge in [0, 0.05) is 43.5 Å². The van der Waals surface area contributed by atoms with E-state index in [1.807, 2.05) is 12.3 Å². The number of aryl methyl sites for hydroxylation is 4. The van der Waals surface area contributed by atoms with E-state index >= 15 is 0 Å². The summed E-state index contributed by atoms with van der Waals surface area (Å²) in [6, 6.07) is 7.96. The summed E-state index contributed by atoms with van der Waals surface area (Å²) in [5.74, 6) is 0. The number of pyridine rings is 1. The molecular formula is C19H23N3O. The largest absolute Gasteiger partial charge is 0.358 e. The Labute approximate surface area is 136 Å². The molecule has 0 radical (unpaired) electrons. The number of benzene rings is 1. The van der Waals surface area contributed by atoms with Gasteiger partial charge in [-0.05, 0) is 43.5 Å². The van der Waals surface area contributed by atoms with Gasteiger partial charge in [-0.3, -0.25) is 4.79 Å². The minimum Gasteiger partial charge on any atom is -0.358 e. The standard InChI is InChI=1S/C19H23N3O/c1-12-7-16(19-17(8-12)13(2)14(3)21-19)10-20-9-15-5-6-18(23)22(4)11-15/h5-8,11,20-21H,9-10H2,1-4H3. The summed E-state index contributed by atoms with van der Waals surface area (Å²) in [6.07, 6.45) is 1.88. The fourth-order valence-corrected chi connectivity index (χ4v) is 3.02. The van der Waals surface area contributed by atoms with Crippen molar-refractivity contribution in [3.63, 3.8) is 0 Å². The molecule has 2 N–H and O–H groups in total. The molecule has 3 rings (SSSR count). The van der Waals surface area contributed by atoms with Gasteiger partial charge in [0.05, 0.1) is 5.52 Å². The van der Waals surface area contributed by atoms with E-state index in [4.69, 9.17) is 0 Å². The fourth-order valence-electron chi connectivity index (χ4n) is 3.02. The average Bonchev–Trinajstić information content (AvgIpc) is 2.79. The molecule has 0 spiro atoms. The summed E-state index contributed by atoms with van der Waals surface area (Å²) in [6.45, 7) is 7.95. The Bertz CT molecular complexity index is 918. The molecule has 0 saturated carbocycles. The normalized spacial score (nSPS) is 11.3. The molecule has 4 heteroatoms. The van der Waals surface area contributed by atoms with Crippen LogP contribution in [0, 0.1) is 20.8 Å². The molecule has 1 aromatic carbocycles. The Kier molecular flexibility index (Phi) is 4.09. The molecule has 0 saturated heterocycles. The number of H-pyrrole nitrogens is 1. The van der Waals surface area contributed by atoms with E-state index in [9.17, 15) is 4.79 Å². The van der Waals surface area contributed by atoms with Gasteiger partial charge in [0.15, 0.2) is 0 Å². The monoisotopic (exact) mass is 309 g/mol. The Morgan fingerprint density at radius 3 is 2.65 bits per heavy atom. The van der Waals surface area contributed by atoms with E-state index < -0.39 is 0 Å². The first kappa shape index (κ1) is 15.6. The van der Waals surface area contributed by atoms with Crippen LogP contribution in [0.4, 0.5) is 0 Å². The number of rotatable bonds is 4. The van der Waals surface area contributed by atoms with E-state index in [1.54, 1.807) is 17.7 Å². The summed E-state index contributed by atoms with van der Waals surface area (Å²) >= 11 is 0. The Hall–Kier alpha value is -2.33. The van der Waals surface area contributed by atoms with Crippen LogP contribution >= 0.6 is 0 Å². The van der Waals surface area contributed by atoms with Gasteiger partial charge in [-0.25, -0.2) is 0 Å². The predicted molar refractivity (Wildman–Crippen MR) is 94.7 cm³/mol. The van der Waals surface area contributed by atoms with Gasteiger partial charge in [0.1, 0.15) is 0 Å². The molecule has 0 amide bonds. The molecule has 0 atom stereocenters. The second-order valence-corrected chi connectivity index (χ2v) is 6.31. The van der Waals surface area contributed by atoms with E-state index in [0.29, 0.717) is 0 Å². The third kappa shape index (κ3) is 3.08. The lowest BCUT2D eigenvalue weighted by atomic mass is 10.0. The Morgan fingerprint density at radius 1 is 1.13 bits per heavy atom. The highest BCUT2D eigenvalue weighted by Crippen LogP contribution is 2.26. The van der Waals surface area contributed by atoms with Crippen LogP contribution in [-0.4, -0.2) is 9.55 Å². The summed E-state index contributed by atoms with van der Waals surface area (Å²) in [7, 11) is 1.78. The van der Waals surface area contributed by atoms with Gasteiger partial charge in [0.25, 0.3) is 0 Å². The lowest BCUT2D eigenvalue weighted by Gasteiger charge is -2.09. The third-order valence-electron chi connectivity index (χ3n) is 4.44. The molecule has 2 heterocycles. The molecule has 4 nitrogen and oxygen atoms in total. The molecule has 3 aromatic rings. The number of aromatic amines is 1. The average molecular weight is 309 g/mol. The first-order valence-corrected chi connectivity index (χ1v) is 7.90. The molecule has 0 bridgehead atoms. The van der Waals surface area contributed by atoms with Gasteiger partial charge in [-0.15, -0.1) is 0 Å². The summed E-state index contributed by atoms with van der Waals surface area (Å²) in [5, 5.41) is 4.78. The maximum atomic E-state index is 11.4. The van der Waals surface area contributed by atoms with Crippen molar-refractivity contribution in [2.45, 2.75) is 33.9 Å². The number of nitrogens with zero attached hydrogens (tertiary/aromatic N) is 1. The van der Waals surface area contributed by atoms with Crippen molar-refractivity contribution in [3.8, 4) is 0 Å². The zero-order valence-corrected chi connectivity index (χ0v) is 14.2. The predicted octanol–water partition coefficient (Wildman–Crippen LogP) is 3.08. The highest BCUT2D eigenvalue weighted by molar-refractivity contribution is 5.87. The first-order chi connectivity index (χ1) is 11.0. The number of hydrogen-bond acceptors (Lipinski definition) is 2. The number of hydrogen-bond donors (Lipinski definition) is 2. The summed E-state index contributed by atoms with van der Waals surface area (Å²) < 4.78 is 1.61. The minimum absolute atomic E-state index is 0.0199. The maximum absolute atomic E-state index is 11.4. The van der Waals surface area contributed by atoms with Gasteiger partial charge < -0.3 is 14.9 Å². The topological polar surface area (TPSA) is 49.8 Å². The molecule has 0 aliphatic heterocycles. The molecule has 0 aliphatic rings. The minimum atomic E-state index is 0.0199. The zero-order valence-electron chi connectivity index (χ0n) is 14.2. The smallest absolute Gasteiger partial charge is 0.250 e. The third-order valence-corrected chi connectivity index (χ3v) is 4.44. The van der Waals surface area contributed by atoms with Crippen molar-refractivity contribution >= 4 is 10.9 Å². The van der Waals surface area contributed by atoms with Crippen molar-refractivity contribution in [2.75, 3.05) is 0 Å². The van der Waals surface area contributed by atoms with Gasteiger partial charge in [0.2, 0.25) is 5.56 Å². The van der Waals surface area contributed by atoms with Crippen LogP contribution in [0.2, 0.25) is 0 Å². The molecule has 0 unspecified atom stereocenters. The summed E-state index contributed by atoms with van der Waals surface area (Å²) in [5.41, 5.74) is 7.45. The second-order valence-electron chi connectivity index (χ2n) is 6.31. The van der Waals surface area contributed by atoms with Crippen LogP contribution in [0.1, 0.15) is 27.9 Å². The molecule has 0 aliphatic carbocycles. The zero-order chi connectivity index (χ0) is 16.6. The Balaban J connectivity index is 1.80. The number of fused-ring (bicyclic) bond motifs is 1. The maximum Gasteiger partial charge on any atom is 0.250 e. The first-order valence-electron chi connectivity index (χ1n) is 7.90. The van der Waals surface area contributed by atoms with E-state index in [2.05, 4.69) is 43.2 Å². The molecule has 23 heavy (non-hydrogen) atoms. The molecule has 2 aromatic heterocycles. The van der Waals surface area contributed by atoms with E-state index in [0.717, 1.165) is 18.7 Å². The number of nitrogens with one attached hydrogen (secondary N) is 2. The van der Waals surface area contributed by atoms with Crippen LogP contribution in [0.3, 0.4) is 0 Å². The second kappa shape index (κ2) is 6.05. The lowest BCUT2D eigenvalue weighted by Crippen LogP contribution is -2.18. The van der Waals surface area contributed by atoms with E-state index in [1.165, 1.54) is 33.3 Å². The lowest BCUT2D eigenvalue weighted by molar-refractivity contribution is 0.685. The van der Waals surface area contributed by atoms with Crippen LogP contribution in [-0.2, 0) is 20.1 Å². The van der Waals surface area contributed by atoms with Crippen molar-refractivity contribution in [2.24, 2.45) is 7.05 Å². The van der Waals surface area contributed by atoms with Crippen molar-refractivity contribution in [1.82, 2.24) is 14.9 Å². The quantitative estimate of drug-likeness (QED) is 0.778. The summed E-state index contributed by atoms with van der Waals surface area (Å²) in [4.78, 5) is 14.9. The van der Waals surface area contributed by atoms with Crippen LogP contribution < -0.4 is 10.9 Å². The van der Waals surface area contributed by atoms with E-state index in [-0.39, 0.29) is 5.56 Å². The Morgan fingerprint density at radius 2 is 1.91 bits per heavy atom. The SMILES string of the molecule is Cc1cc(CNCc2ccc(=O)n(C)c2)c2[nH]c(C)c(C)c2c1. The number of aromatic nitrogens is 2. The van der Waals surface area contributed by atoms with Crippen LogP contribution in [0.15, 0.2) is 35.3 Å². The fraction of sp³-hybridized carbons (Fsp3) is 0.316.